The van der Waals surface area contributed by atoms with Gasteiger partial charge < -0.3 is 13.9 Å². The Kier molecular flexibility index (Phi) is 7.54. The van der Waals surface area contributed by atoms with Crippen LogP contribution in [0.1, 0.15) is 0 Å². The Morgan fingerprint density at radius 1 is 0.305 bits per heavy atom. The molecule has 0 spiro atoms. The number of anilines is 3. The molecule has 0 amide bonds. The molecule has 0 bridgehead atoms. The van der Waals surface area contributed by atoms with Gasteiger partial charge in [-0.3, -0.25) is 0 Å². The number of fused-ring (bicyclic) bond motifs is 9. The monoisotopic (exact) mass is 752 g/mol. The first-order valence-electron chi connectivity index (χ1n) is 20.2. The largest absolute Gasteiger partial charge is 0.456 e. The highest BCUT2D eigenvalue weighted by Crippen LogP contribution is 2.42. The van der Waals surface area contributed by atoms with Gasteiger partial charge in [0, 0.05) is 44.3 Å². The van der Waals surface area contributed by atoms with E-state index in [0.29, 0.717) is 0 Å². The Labute approximate surface area is 341 Å². The number of nitrogens with zero attached hydrogens (tertiary/aromatic N) is 2. The summed E-state index contributed by atoms with van der Waals surface area (Å²) in [6.07, 6.45) is 0. The maximum Gasteiger partial charge on any atom is 0.136 e. The molecule has 0 atom stereocenters. The summed E-state index contributed by atoms with van der Waals surface area (Å²) in [7, 11) is 0. The Morgan fingerprint density at radius 2 is 0.864 bits per heavy atom. The van der Waals surface area contributed by atoms with E-state index < -0.39 is 0 Å². The topological polar surface area (TPSA) is 21.3 Å². The normalized spacial score (nSPS) is 11.7. The van der Waals surface area contributed by atoms with Gasteiger partial charge in [-0.2, -0.15) is 0 Å². The van der Waals surface area contributed by atoms with Crippen LogP contribution < -0.4 is 4.90 Å². The average molecular weight is 753 g/mol. The van der Waals surface area contributed by atoms with Gasteiger partial charge in [0.1, 0.15) is 11.2 Å². The lowest BCUT2D eigenvalue weighted by Crippen LogP contribution is -2.10. The lowest BCUT2D eigenvalue weighted by Gasteiger charge is -2.27. The van der Waals surface area contributed by atoms with E-state index in [9.17, 15) is 0 Å². The molecule has 0 aliphatic carbocycles. The minimum atomic E-state index is 0.910. The molecule has 12 rings (SSSR count). The third kappa shape index (κ3) is 5.51. The quantitative estimate of drug-likeness (QED) is 0.158. The molecule has 0 saturated heterocycles. The lowest BCUT2D eigenvalue weighted by atomic mass is 9.98. The van der Waals surface area contributed by atoms with Crippen molar-refractivity contribution >= 4 is 82.4 Å². The highest BCUT2D eigenvalue weighted by atomic mass is 16.3. The van der Waals surface area contributed by atoms with E-state index in [-0.39, 0.29) is 0 Å². The zero-order valence-electron chi connectivity index (χ0n) is 32.1. The molecule has 10 aromatic carbocycles. The van der Waals surface area contributed by atoms with Gasteiger partial charge in [-0.1, -0.05) is 133 Å². The van der Waals surface area contributed by atoms with Crippen molar-refractivity contribution in [2.45, 2.75) is 0 Å². The molecule has 2 heterocycles. The fourth-order valence-corrected chi connectivity index (χ4v) is 9.13. The van der Waals surface area contributed by atoms with Crippen LogP contribution in [0.2, 0.25) is 0 Å². The maximum absolute atomic E-state index is 6.30. The minimum Gasteiger partial charge on any atom is -0.456 e. The van der Waals surface area contributed by atoms with Crippen LogP contribution in [0.3, 0.4) is 0 Å². The van der Waals surface area contributed by atoms with Crippen molar-refractivity contribution in [2.24, 2.45) is 0 Å². The van der Waals surface area contributed by atoms with Gasteiger partial charge in [-0.05, 0) is 129 Å². The number of benzene rings is 10. The number of furan rings is 1. The Morgan fingerprint density at radius 3 is 1.64 bits per heavy atom. The highest BCUT2D eigenvalue weighted by molar-refractivity contribution is 6.17. The SMILES string of the molecule is c1ccc(-c2cccc(-c3cccc(N(c4ccc(-n5c6ccccc6c6ccccc65)cc4)c4ccc5ccc6cc7oc8ccccc8c7cc6c5c4)c3)c2)cc1. The summed E-state index contributed by atoms with van der Waals surface area (Å²) >= 11 is 0. The fourth-order valence-electron chi connectivity index (χ4n) is 9.13. The van der Waals surface area contributed by atoms with E-state index in [4.69, 9.17) is 4.42 Å². The standard InChI is InChI=1S/C56H36N2O/c1-2-12-37(13-3-1)39-14-10-15-40(32-39)41-16-11-17-45(33-41)57(43-28-30-44(31-29-43)58-53-21-7-4-18-47(53)48-19-5-8-22-54(48)58)46-27-26-38-24-25-42-34-56-52(36-51(42)50(38)35-46)49-20-6-9-23-55(49)59-56/h1-36H. The number of hydrogen-bond donors (Lipinski definition) is 0. The molecule has 0 aliphatic heterocycles. The molecule has 59 heavy (non-hydrogen) atoms. The van der Waals surface area contributed by atoms with E-state index in [1.165, 1.54) is 54.7 Å². The molecular formula is C56H36N2O. The number of aromatic nitrogens is 1. The third-order valence-corrected chi connectivity index (χ3v) is 11.9. The summed E-state index contributed by atoms with van der Waals surface area (Å²) in [4.78, 5) is 2.39. The van der Waals surface area contributed by atoms with Crippen molar-refractivity contribution in [1.29, 1.82) is 0 Å². The molecule has 2 aromatic heterocycles. The minimum absolute atomic E-state index is 0.910. The van der Waals surface area contributed by atoms with Crippen molar-refractivity contribution in [1.82, 2.24) is 4.57 Å². The molecule has 0 fully saturated rings. The van der Waals surface area contributed by atoms with Crippen molar-refractivity contribution in [3.63, 3.8) is 0 Å². The molecular weight excluding hydrogens is 717 g/mol. The van der Waals surface area contributed by atoms with E-state index in [2.05, 4.69) is 216 Å². The van der Waals surface area contributed by atoms with Crippen LogP contribution in [0.4, 0.5) is 17.1 Å². The van der Waals surface area contributed by atoms with Crippen molar-refractivity contribution in [3.05, 3.63) is 218 Å². The summed E-state index contributed by atoms with van der Waals surface area (Å²) in [6, 6.07) is 78.9. The lowest BCUT2D eigenvalue weighted by molar-refractivity contribution is 0.669. The second kappa shape index (κ2) is 13.4. The zero-order chi connectivity index (χ0) is 38.9. The van der Waals surface area contributed by atoms with E-state index in [1.807, 2.05) is 12.1 Å². The predicted molar refractivity (Wildman–Crippen MR) is 249 cm³/mol. The van der Waals surface area contributed by atoms with E-state index in [0.717, 1.165) is 55.6 Å². The first-order valence-corrected chi connectivity index (χ1v) is 20.2. The summed E-state index contributed by atoms with van der Waals surface area (Å²) in [5.41, 5.74) is 13.3. The Bertz CT molecular complexity index is 3500. The van der Waals surface area contributed by atoms with Gasteiger partial charge in [0.2, 0.25) is 0 Å². The summed E-state index contributed by atoms with van der Waals surface area (Å²) in [6.45, 7) is 0. The third-order valence-electron chi connectivity index (χ3n) is 11.9. The summed E-state index contributed by atoms with van der Waals surface area (Å²) in [5, 5.41) is 9.54. The molecule has 0 N–H and O–H groups in total. The van der Waals surface area contributed by atoms with Crippen LogP contribution in [-0.2, 0) is 0 Å². The van der Waals surface area contributed by atoms with Crippen molar-refractivity contribution < 1.29 is 4.42 Å². The van der Waals surface area contributed by atoms with Crippen LogP contribution in [0, 0.1) is 0 Å². The highest BCUT2D eigenvalue weighted by Gasteiger charge is 2.18. The van der Waals surface area contributed by atoms with Gasteiger partial charge in [0.05, 0.1) is 11.0 Å². The van der Waals surface area contributed by atoms with Crippen LogP contribution in [0.15, 0.2) is 223 Å². The summed E-state index contributed by atoms with van der Waals surface area (Å²) < 4.78 is 8.68. The molecule has 3 nitrogen and oxygen atoms in total. The van der Waals surface area contributed by atoms with Crippen LogP contribution >= 0.6 is 0 Å². The molecule has 0 saturated carbocycles. The average Bonchev–Trinajstić information content (AvgIpc) is 3.84. The number of para-hydroxylation sites is 3. The molecule has 276 valence electrons. The van der Waals surface area contributed by atoms with Gasteiger partial charge in [-0.25, -0.2) is 0 Å². The first-order chi connectivity index (χ1) is 29.2. The Hall–Kier alpha value is -7.88. The molecule has 12 aromatic rings. The second-order valence-corrected chi connectivity index (χ2v) is 15.4. The van der Waals surface area contributed by atoms with Gasteiger partial charge >= 0.3 is 0 Å². The van der Waals surface area contributed by atoms with Gasteiger partial charge in [-0.15, -0.1) is 0 Å². The maximum atomic E-state index is 6.30. The van der Waals surface area contributed by atoms with Crippen molar-refractivity contribution in [2.75, 3.05) is 4.90 Å². The van der Waals surface area contributed by atoms with Gasteiger partial charge in [0.15, 0.2) is 0 Å². The molecule has 3 heteroatoms. The first kappa shape index (κ1) is 33.3. The van der Waals surface area contributed by atoms with E-state index in [1.54, 1.807) is 0 Å². The molecule has 0 aliphatic rings. The molecule has 0 radical (unpaired) electrons. The molecule has 0 unspecified atom stereocenters. The van der Waals surface area contributed by atoms with Crippen LogP contribution in [0.5, 0.6) is 0 Å². The second-order valence-electron chi connectivity index (χ2n) is 15.4. The Balaban J connectivity index is 1.04. The van der Waals surface area contributed by atoms with Crippen LogP contribution in [-0.4, -0.2) is 4.57 Å². The van der Waals surface area contributed by atoms with Gasteiger partial charge in [0.25, 0.3) is 0 Å². The van der Waals surface area contributed by atoms with E-state index >= 15 is 0 Å². The smallest absolute Gasteiger partial charge is 0.136 e. The van der Waals surface area contributed by atoms with Crippen LogP contribution in [0.25, 0.3) is 93.2 Å². The fraction of sp³-hybridized carbons (Fsp3) is 0. The predicted octanol–water partition coefficient (Wildman–Crippen LogP) is 15.8. The van der Waals surface area contributed by atoms with Crippen molar-refractivity contribution in [3.8, 4) is 27.9 Å². The summed E-state index contributed by atoms with van der Waals surface area (Å²) in [5.74, 6) is 0. The zero-order valence-corrected chi connectivity index (χ0v) is 32.1. The number of rotatable bonds is 6. The number of hydrogen-bond acceptors (Lipinski definition) is 2.